The Morgan fingerprint density at radius 1 is 0.643 bits per heavy atom. The zero-order chi connectivity index (χ0) is 31.2. The van der Waals surface area contributed by atoms with Gasteiger partial charge in [0.25, 0.3) is 0 Å². The maximum absolute atomic E-state index is 12.5. The number of carbonyl (C=O) groups excluding carboxylic acids is 2. The maximum atomic E-state index is 12.5. The van der Waals surface area contributed by atoms with Crippen LogP contribution in [0.25, 0.3) is 0 Å². The van der Waals surface area contributed by atoms with Gasteiger partial charge in [-0.3, -0.25) is 9.59 Å². The van der Waals surface area contributed by atoms with Crippen LogP contribution < -0.4 is 0 Å². The normalized spacial score (nSPS) is 28.8. The van der Waals surface area contributed by atoms with Gasteiger partial charge in [0.2, 0.25) is 0 Å². The SMILES string of the molecule is CCCCC[Si](C)(C)C1CCC(O)CC1.CCCCC[Si](C)(C)C1CCC(OC(=O)C2CCC(C(=O)OP)CC2)CC1. The van der Waals surface area contributed by atoms with Crippen molar-refractivity contribution in [2.24, 2.45) is 11.8 Å². The first kappa shape index (κ1) is 37.9. The molecule has 3 saturated carbocycles. The van der Waals surface area contributed by atoms with Crippen LogP contribution in [0.15, 0.2) is 0 Å². The van der Waals surface area contributed by atoms with Gasteiger partial charge in [0, 0.05) is 0 Å². The third-order valence-electron chi connectivity index (χ3n) is 11.2. The van der Waals surface area contributed by atoms with Crippen molar-refractivity contribution >= 4 is 37.6 Å². The van der Waals surface area contributed by atoms with Crippen molar-refractivity contribution < 1.29 is 24.0 Å². The van der Waals surface area contributed by atoms with E-state index in [4.69, 9.17) is 9.26 Å². The van der Waals surface area contributed by atoms with Crippen molar-refractivity contribution in [1.82, 2.24) is 0 Å². The van der Waals surface area contributed by atoms with Gasteiger partial charge in [-0.1, -0.05) is 103 Å². The van der Waals surface area contributed by atoms with E-state index in [1.165, 1.54) is 76.3 Å². The van der Waals surface area contributed by atoms with E-state index >= 15 is 0 Å². The van der Waals surface area contributed by atoms with Crippen LogP contribution in [-0.4, -0.2) is 45.4 Å². The summed E-state index contributed by atoms with van der Waals surface area (Å²) in [5.41, 5.74) is 1.87. The summed E-state index contributed by atoms with van der Waals surface area (Å²) in [5.74, 6) is -0.288. The molecule has 0 amide bonds. The second kappa shape index (κ2) is 19.3. The number of esters is 1. The number of hydrogen-bond acceptors (Lipinski definition) is 5. The molecule has 8 heteroatoms. The van der Waals surface area contributed by atoms with Crippen LogP contribution >= 0.6 is 9.47 Å². The van der Waals surface area contributed by atoms with E-state index in [9.17, 15) is 14.7 Å². The monoisotopic (exact) mass is 642 g/mol. The van der Waals surface area contributed by atoms with Gasteiger partial charge in [-0.25, -0.2) is 0 Å². The highest BCUT2D eigenvalue weighted by molar-refractivity contribution is 7.10. The lowest BCUT2D eigenvalue weighted by atomic mass is 9.82. The molecule has 3 rings (SSSR count). The largest absolute Gasteiger partial charge is 0.462 e. The second-order valence-electron chi connectivity index (χ2n) is 15.3. The molecular formula is C34H67O5PSi2. The summed E-state index contributed by atoms with van der Waals surface area (Å²) >= 11 is 0. The molecule has 0 aromatic heterocycles. The number of hydrogen-bond donors (Lipinski definition) is 1. The van der Waals surface area contributed by atoms with Gasteiger partial charge < -0.3 is 14.4 Å². The summed E-state index contributed by atoms with van der Waals surface area (Å²) < 4.78 is 10.6. The quantitative estimate of drug-likeness (QED) is 0.0937. The zero-order valence-corrected chi connectivity index (χ0v) is 31.4. The lowest BCUT2D eigenvalue weighted by Gasteiger charge is -2.38. The molecular weight excluding hydrogens is 576 g/mol. The highest BCUT2D eigenvalue weighted by Gasteiger charge is 2.37. The van der Waals surface area contributed by atoms with Crippen molar-refractivity contribution in [1.29, 1.82) is 0 Å². The van der Waals surface area contributed by atoms with Crippen LogP contribution in [0.5, 0.6) is 0 Å². The molecule has 0 spiro atoms. The Bertz CT molecular complexity index is 768. The van der Waals surface area contributed by atoms with Gasteiger partial charge in [0.05, 0.1) is 43.6 Å². The molecule has 3 aliphatic rings. The predicted molar refractivity (Wildman–Crippen MR) is 185 cm³/mol. The number of rotatable bonds is 13. The molecule has 42 heavy (non-hydrogen) atoms. The molecule has 1 atom stereocenters. The molecule has 1 unspecified atom stereocenters. The highest BCUT2D eigenvalue weighted by Crippen LogP contribution is 2.42. The first-order chi connectivity index (χ1) is 19.9. The maximum Gasteiger partial charge on any atom is 0.311 e. The van der Waals surface area contributed by atoms with E-state index in [1.807, 2.05) is 9.47 Å². The second-order valence-corrected chi connectivity index (χ2v) is 26.1. The summed E-state index contributed by atoms with van der Waals surface area (Å²) in [6.07, 6.45) is 20.6. The van der Waals surface area contributed by atoms with Gasteiger partial charge in [-0.2, -0.15) is 0 Å². The molecule has 0 radical (unpaired) electrons. The average Bonchev–Trinajstić information content (AvgIpc) is 2.98. The molecule has 0 aliphatic heterocycles. The Morgan fingerprint density at radius 3 is 1.45 bits per heavy atom. The van der Waals surface area contributed by atoms with Gasteiger partial charge in [-0.15, -0.1) is 0 Å². The van der Waals surface area contributed by atoms with Crippen molar-refractivity contribution in [2.75, 3.05) is 0 Å². The fourth-order valence-corrected chi connectivity index (χ4v) is 14.9. The van der Waals surface area contributed by atoms with Gasteiger partial charge >= 0.3 is 11.9 Å². The van der Waals surface area contributed by atoms with E-state index in [-0.39, 0.29) is 36.0 Å². The van der Waals surface area contributed by atoms with E-state index in [2.05, 4.69) is 40.0 Å². The van der Waals surface area contributed by atoms with Crippen LogP contribution in [0.2, 0.25) is 49.4 Å². The summed E-state index contributed by atoms with van der Waals surface area (Å²) in [5, 5.41) is 9.52. The Balaban J connectivity index is 0.000000347. The summed E-state index contributed by atoms with van der Waals surface area (Å²) in [6.45, 7) is 14.8. The fraction of sp³-hybridized carbons (Fsp3) is 0.941. The minimum Gasteiger partial charge on any atom is -0.462 e. The summed E-state index contributed by atoms with van der Waals surface area (Å²) in [4.78, 5) is 24.1. The number of ether oxygens (including phenoxy) is 1. The van der Waals surface area contributed by atoms with E-state index in [1.54, 1.807) is 0 Å². The number of aliphatic hydroxyl groups is 1. The number of unbranched alkanes of at least 4 members (excludes halogenated alkanes) is 4. The molecule has 5 nitrogen and oxygen atoms in total. The van der Waals surface area contributed by atoms with Gasteiger partial charge in [-0.05, 0) is 75.3 Å². The molecule has 0 heterocycles. The molecule has 0 aromatic carbocycles. The Hall–Kier alpha value is -0.236. The van der Waals surface area contributed by atoms with Gasteiger partial charge in [0.1, 0.15) is 6.10 Å². The van der Waals surface area contributed by atoms with E-state index in [0.717, 1.165) is 62.4 Å². The summed E-state index contributed by atoms with van der Waals surface area (Å²) in [7, 11) is -0.106. The van der Waals surface area contributed by atoms with Crippen molar-refractivity contribution in [3.05, 3.63) is 0 Å². The first-order valence-corrected chi connectivity index (χ1v) is 24.8. The predicted octanol–water partition coefficient (Wildman–Crippen LogP) is 10.1. The average molecular weight is 643 g/mol. The van der Waals surface area contributed by atoms with E-state index in [0.29, 0.717) is 0 Å². The van der Waals surface area contributed by atoms with Crippen LogP contribution in [0.3, 0.4) is 0 Å². The molecule has 246 valence electrons. The van der Waals surface area contributed by atoms with Crippen molar-refractivity contribution in [3.8, 4) is 0 Å². The standard InChI is InChI=1S/C21H39O4PSi.C13H28OSi/c1-4-5-6-15-27(2,3)19-13-11-18(12-14-19)24-20(22)16-7-9-17(10-8-16)21(23)25-26;1-4-5-6-11-15(2,3)13-9-7-12(14)8-10-13/h16-19H,4-15,26H2,1-3H3;12-14H,4-11H2,1-3H3. The van der Waals surface area contributed by atoms with E-state index < -0.39 is 16.1 Å². The van der Waals surface area contributed by atoms with Gasteiger partial charge in [0.15, 0.2) is 0 Å². The Kier molecular flexibility index (Phi) is 17.5. The molecule has 0 bridgehead atoms. The smallest absolute Gasteiger partial charge is 0.311 e. The lowest BCUT2D eigenvalue weighted by Crippen LogP contribution is -2.37. The van der Waals surface area contributed by atoms with Crippen LogP contribution in [0, 0.1) is 11.8 Å². The Morgan fingerprint density at radius 2 is 1.05 bits per heavy atom. The van der Waals surface area contributed by atoms with Crippen LogP contribution in [0.4, 0.5) is 0 Å². The van der Waals surface area contributed by atoms with Crippen LogP contribution in [0.1, 0.15) is 129 Å². The third kappa shape index (κ3) is 13.0. The van der Waals surface area contributed by atoms with Crippen molar-refractivity contribution in [2.45, 2.75) is 191 Å². The van der Waals surface area contributed by atoms with Crippen LogP contribution in [-0.2, 0) is 18.8 Å². The molecule has 3 fully saturated rings. The van der Waals surface area contributed by atoms with Crippen molar-refractivity contribution in [3.63, 3.8) is 0 Å². The molecule has 0 aromatic rings. The lowest BCUT2D eigenvalue weighted by molar-refractivity contribution is -0.158. The fourth-order valence-electron chi connectivity index (χ4n) is 7.81. The first-order valence-electron chi connectivity index (χ1n) is 17.7. The number of aliphatic hydroxyl groups excluding tert-OH is 1. The minimum absolute atomic E-state index is 0.0155. The topological polar surface area (TPSA) is 72.8 Å². The molecule has 1 N–H and O–H groups in total. The molecule has 3 aliphatic carbocycles. The Labute approximate surface area is 263 Å². The summed E-state index contributed by atoms with van der Waals surface area (Å²) in [6, 6.07) is 2.94. The zero-order valence-electron chi connectivity index (χ0n) is 28.3. The number of carbonyl (C=O) groups is 2. The highest BCUT2D eigenvalue weighted by atomic mass is 31.0. The molecule has 0 saturated heterocycles. The minimum atomic E-state index is -1.15. The third-order valence-corrected chi connectivity index (χ3v) is 20.3.